The van der Waals surface area contributed by atoms with Crippen molar-refractivity contribution in [2.75, 3.05) is 0 Å². The number of sulfonamides is 1. The molecule has 11 heteroatoms. The Morgan fingerprint density at radius 3 is 2.19 bits per heavy atom. The molecule has 0 radical (unpaired) electrons. The fourth-order valence-corrected chi connectivity index (χ4v) is 4.78. The molecule has 1 atom stereocenters. The van der Waals surface area contributed by atoms with E-state index in [4.69, 9.17) is 44.7 Å². The molecule has 1 heterocycles. The molecule has 0 bridgehead atoms. The fraction of sp³-hybridized carbons (Fsp3) is 0.160. The summed E-state index contributed by atoms with van der Waals surface area (Å²) >= 11 is 18.6. The van der Waals surface area contributed by atoms with Crippen molar-refractivity contribution in [2.24, 2.45) is 5.14 Å². The van der Waals surface area contributed by atoms with E-state index in [1.54, 1.807) is 24.3 Å². The van der Waals surface area contributed by atoms with E-state index in [0.29, 0.717) is 34.8 Å². The number of nitrogens with two attached hydrogens (primary N) is 1. The van der Waals surface area contributed by atoms with Crippen LogP contribution in [0.15, 0.2) is 90.3 Å². The summed E-state index contributed by atoms with van der Waals surface area (Å²) in [5.74, 6) is 0. The second-order valence-electron chi connectivity index (χ2n) is 8.06. The third kappa shape index (κ3) is 7.79. The van der Waals surface area contributed by atoms with Crippen molar-refractivity contribution in [3.05, 3.63) is 117 Å². The van der Waals surface area contributed by atoms with E-state index < -0.39 is 10.0 Å². The van der Waals surface area contributed by atoms with Gasteiger partial charge in [-0.2, -0.15) is 0 Å². The normalized spacial score (nSPS) is 12.2. The van der Waals surface area contributed by atoms with Gasteiger partial charge in [0, 0.05) is 20.6 Å². The molecule has 0 spiro atoms. The third-order valence-electron chi connectivity index (χ3n) is 5.41. The molecule has 0 amide bonds. The molecule has 0 aliphatic heterocycles. The van der Waals surface area contributed by atoms with Gasteiger partial charge in [0.15, 0.2) is 0 Å². The Morgan fingerprint density at radius 1 is 0.917 bits per heavy atom. The lowest BCUT2D eigenvalue weighted by atomic mass is 10.1. The van der Waals surface area contributed by atoms with E-state index >= 15 is 0 Å². The Morgan fingerprint density at radius 2 is 1.56 bits per heavy atom. The van der Waals surface area contributed by atoms with Gasteiger partial charge in [0.25, 0.3) is 0 Å². The lowest BCUT2D eigenvalue weighted by molar-refractivity contribution is -0.704. The molecule has 6 nitrogen and oxygen atoms in total. The minimum Gasteiger partial charge on any atom is -1.00 e. The van der Waals surface area contributed by atoms with Crippen LogP contribution in [0, 0.1) is 0 Å². The van der Waals surface area contributed by atoms with Crippen molar-refractivity contribution in [1.29, 1.82) is 0 Å². The number of rotatable bonds is 9. The number of ether oxygens (including phenoxy) is 1. The summed E-state index contributed by atoms with van der Waals surface area (Å²) in [6.07, 6.45) is 5.51. The summed E-state index contributed by atoms with van der Waals surface area (Å²) in [5.41, 5.74) is 2.77. The van der Waals surface area contributed by atoms with Crippen molar-refractivity contribution in [1.82, 2.24) is 4.57 Å². The molecule has 0 saturated carbocycles. The van der Waals surface area contributed by atoms with Gasteiger partial charge in [0.1, 0.15) is 31.6 Å². The molecule has 1 aromatic heterocycles. The number of aromatic nitrogens is 2. The van der Waals surface area contributed by atoms with Crippen LogP contribution in [0.2, 0.25) is 15.1 Å². The quantitative estimate of drug-likeness (QED) is 0.289. The van der Waals surface area contributed by atoms with Crippen LogP contribution in [-0.4, -0.2) is 13.0 Å². The van der Waals surface area contributed by atoms with Crippen molar-refractivity contribution in [3.63, 3.8) is 0 Å². The van der Waals surface area contributed by atoms with Crippen LogP contribution in [0.4, 0.5) is 0 Å². The molecule has 4 rings (SSSR count). The minimum absolute atomic E-state index is 0. The highest BCUT2D eigenvalue weighted by Crippen LogP contribution is 2.29. The Kier molecular flexibility index (Phi) is 10.00. The van der Waals surface area contributed by atoms with Crippen LogP contribution in [0.25, 0.3) is 0 Å². The molecule has 190 valence electrons. The molecular weight excluding hydrogens is 609 g/mol. The van der Waals surface area contributed by atoms with Gasteiger partial charge in [-0.05, 0) is 47.5 Å². The van der Waals surface area contributed by atoms with Crippen molar-refractivity contribution >= 4 is 44.8 Å². The van der Waals surface area contributed by atoms with E-state index in [0.717, 1.165) is 16.7 Å². The fourth-order valence-electron chi connectivity index (χ4n) is 3.61. The Hall–Kier alpha value is -1.91. The maximum atomic E-state index is 11.5. The molecule has 3 aromatic carbocycles. The van der Waals surface area contributed by atoms with E-state index in [1.165, 1.54) is 12.1 Å². The first-order valence-electron chi connectivity index (χ1n) is 10.6. The SMILES string of the molecule is NS(=O)(=O)c1ccc(Cn2cc[n+](CC(OCc3ccc(Cl)cc3)c3ccc(Cl)cc3Cl)c2)cc1.[Br-]. The summed E-state index contributed by atoms with van der Waals surface area (Å²) in [7, 11) is -3.71. The van der Waals surface area contributed by atoms with E-state index in [-0.39, 0.29) is 28.0 Å². The van der Waals surface area contributed by atoms with E-state index in [2.05, 4.69) is 0 Å². The summed E-state index contributed by atoms with van der Waals surface area (Å²) in [6.45, 7) is 1.47. The molecule has 2 N–H and O–H groups in total. The number of halogens is 4. The van der Waals surface area contributed by atoms with Crippen LogP contribution in [0.1, 0.15) is 22.8 Å². The van der Waals surface area contributed by atoms with E-state index in [9.17, 15) is 8.42 Å². The monoisotopic (exact) mass is 629 g/mol. The molecule has 0 aliphatic carbocycles. The number of primary sulfonamides is 1. The number of nitrogens with zero attached hydrogens (tertiary/aromatic N) is 2. The zero-order valence-electron chi connectivity index (χ0n) is 18.9. The van der Waals surface area contributed by atoms with Gasteiger partial charge in [-0.15, -0.1) is 0 Å². The van der Waals surface area contributed by atoms with Crippen molar-refractivity contribution in [2.45, 2.75) is 30.7 Å². The minimum atomic E-state index is -3.71. The van der Waals surface area contributed by atoms with Crippen LogP contribution in [0.5, 0.6) is 0 Å². The zero-order valence-corrected chi connectivity index (χ0v) is 23.6. The van der Waals surface area contributed by atoms with Crippen molar-refractivity contribution in [3.8, 4) is 0 Å². The van der Waals surface area contributed by atoms with Crippen LogP contribution in [-0.2, 0) is 34.5 Å². The average Bonchev–Trinajstić information content (AvgIpc) is 3.24. The highest BCUT2D eigenvalue weighted by atomic mass is 79.9. The first kappa shape index (κ1) is 28.7. The number of hydrogen-bond donors (Lipinski definition) is 1. The lowest BCUT2D eigenvalue weighted by Crippen LogP contribution is -3.00. The molecule has 0 aliphatic rings. The predicted octanol–water partition coefficient (Wildman–Crippen LogP) is 2.39. The smallest absolute Gasteiger partial charge is 0.244 e. The topological polar surface area (TPSA) is 78.2 Å². The Labute approximate surface area is 236 Å². The first-order chi connectivity index (χ1) is 16.7. The second kappa shape index (κ2) is 12.6. The van der Waals surface area contributed by atoms with Gasteiger partial charge in [-0.3, -0.25) is 0 Å². The standard InChI is InChI=1S/C25H23Cl3N3O3S.BrH/c26-20-5-1-19(2-6-20)16-34-25(23-10-7-21(27)13-24(23)28)15-31-12-11-30(17-31)14-18-3-8-22(9-4-18)35(29,32)33;/h1-13,17,25H,14-16H2,(H2,29,32,33);1H/q+1;/p-1. The van der Waals surface area contributed by atoms with Gasteiger partial charge < -0.3 is 21.7 Å². The molecule has 4 aromatic rings. The van der Waals surface area contributed by atoms with Crippen LogP contribution >= 0.6 is 34.8 Å². The largest absolute Gasteiger partial charge is 1.00 e. The Bertz CT molecular complexity index is 1410. The maximum Gasteiger partial charge on any atom is 0.244 e. The number of benzene rings is 3. The predicted molar refractivity (Wildman–Crippen MR) is 137 cm³/mol. The number of hydrogen-bond acceptors (Lipinski definition) is 3. The molecule has 36 heavy (non-hydrogen) atoms. The summed E-state index contributed by atoms with van der Waals surface area (Å²) in [5, 5.41) is 6.94. The highest BCUT2D eigenvalue weighted by molar-refractivity contribution is 7.89. The maximum absolute atomic E-state index is 11.5. The molecule has 1 unspecified atom stereocenters. The highest BCUT2D eigenvalue weighted by Gasteiger charge is 2.20. The average molecular weight is 632 g/mol. The van der Waals surface area contributed by atoms with Gasteiger partial charge in [0.05, 0.1) is 11.5 Å². The Balaban J connectivity index is 0.00000361. The van der Waals surface area contributed by atoms with Gasteiger partial charge in [-0.1, -0.05) is 65.1 Å². The van der Waals surface area contributed by atoms with E-state index in [1.807, 2.05) is 58.2 Å². The van der Waals surface area contributed by atoms with Crippen LogP contribution < -0.4 is 26.7 Å². The second-order valence-corrected chi connectivity index (χ2v) is 10.9. The van der Waals surface area contributed by atoms with Gasteiger partial charge in [0.2, 0.25) is 16.4 Å². The number of imidazole rings is 1. The zero-order chi connectivity index (χ0) is 25.0. The van der Waals surface area contributed by atoms with Crippen LogP contribution in [0.3, 0.4) is 0 Å². The van der Waals surface area contributed by atoms with Crippen molar-refractivity contribution < 1.29 is 34.7 Å². The lowest BCUT2D eigenvalue weighted by Gasteiger charge is -2.18. The summed E-state index contributed by atoms with van der Waals surface area (Å²) in [4.78, 5) is 0.0874. The third-order valence-corrected chi connectivity index (χ3v) is 7.16. The van der Waals surface area contributed by atoms with Gasteiger partial charge >= 0.3 is 0 Å². The molecular formula is C25H23BrCl3N3O3S. The summed E-state index contributed by atoms with van der Waals surface area (Å²) < 4.78 is 33.2. The summed E-state index contributed by atoms with van der Waals surface area (Å²) in [6, 6.07) is 19.4. The first-order valence-corrected chi connectivity index (χ1v) is 13.3. The van der Waals surface area contributed by atoms with Gasteiger partial charge in [-0.25, -0.2) is 22.7 Å². The molecule has 0 fully saturated rings. The molecule has 0 saturated heterocycles.